The average molecular weight is 332 g/mol. The summed E-state index contributed by atoms with van der Waals surface area (Å²) in [6, 6.07) is 16.3. The van der Waals surface area contributed by atoms with Crippen molar-refractivity contribution < 1.29 is 9.84 Å². The third-order valence-corrected chi connectivity index (χ3v) is 4.71. The second kappa shape index (κ2) is 7.45. The molecule has 2 aromatic rings. The maximum atomic E-state index is 9.74. The predicted octanol–water partition coefficient (Wildman–Crippen LogP) is 3.58. The largest absolute Gasteiger partial charge is 0.394 e. The van der Waals surface area contributed by atoms with Crippen LogP contribution in [0.25, 0.3) is 0 Å². The molecule has 0 radical (unpaired) electrons. The molecule has 0 spiro atoms. The van der Waals surface area contributed by atoms with Gasteiger partial charge in [0.2, 0.25) is 0 Å². The molecule has 0 aromatic heterocycles. The van der Waals surface area contributed by atoms with Crippen molar-refractivity contribution in [3.8, 4) is 0 Å². The maximum absolute atomic E-state index is 9.74. The van der Waals surface area contributed by atoms with Crippen LogP contribution < -0.4 is 0 Å². The Kier molecular flexibility index (Phi) is 5.34. The molecule has 1 aliphatic rings. The van der Waals surface area contributed by atoms with E-state index in [-0.39, 0.29) is 18.8 Å². The summed E-state index contributed by atoms with van der Waals surface area (Å²) in [5.41, 5.74) is 3.53. The van der Waals surface area contributed by atoms with Crippen molar-refractivity contribution in [3.63, 3.8) is 0 Å². The van der Waals surface area contributed by atoms with Crippen molar-refractivity contribution in [1.29, 1.82) is 0 Å². The topological polar surface area (TPSA) is 32.7 Å². The highest BCUT2D eigenvalue weighted by atomic mass is 35.5. The van der Waals surface area contributed by atoms with E-state index in [0.29, 0.717) is 6.61 Å². The summed E-state index contributed by atoms with van der Waals surface area (Å²) < 4.78 is 5.79. The molecule has 23 heavy (non-hydrogen) atoms. The van der Waals surface area contributed by atoms with E-state index in [4.69, 9.17) is 16.3 Å². The van der Waals surface area contributed by atoms with Gasteiger partial charge in [0.25, 0.3) is 0 Å². The number of rotatable bonds is 4. The highest BCUT2D eigenvalue weighted by molar-refractivity contribution is 6.31. The minimum Gasteiger partial charge on any atom is -0.394 e. The van der Waals surface area contributed by atoms with Crippen LogP contribution in [-0.4, -0.2) is 35.9 Å². The quantitative estimate of drug-likeness (QED) is 0.929. The van der Waals surface area contributed by atoms with Crippen LogP contribution in [0.15, 0.2) is 48.5 Å². The predicted molar refractivity (Wildman–Crippen MR) is 92.6 cm³/mol. The zero-order valence-corrected chi connectivity index (χ0v) is 14.0. The number of aliphatic hydroxyl groups excluding tert-OH is 1. The molecule has 1 saturated heterocycles. The highest BCUT2D eigenvalue weighted by Crippen LogP contribution is 2.34. The fourth-order valence-electron chi connectivity index (χ4n) is 3.16. The van der Waals surface area contributed by atoms with Gasteiger partial charge in [0.15, 0.2) is 0 Å². The average Bonchev–Trinajstić information content (AvgIpc) is 2.57. The number of hydrogen-bond donors (Lipinski definition) is 1. The molecule has 4 heteroatoms. The summed E-state index contributed by atoms with van der Waals surface area (Å²) in [5, 5.41) is 10.5. The lowest BCUT2D eigenvalue weighted by Gasteiger charge is -2.41. The molecule has 0 aliphatic carbocycles. The minimum absolute atomic E-state index is 0.0136. The zero-order valence-electron chi connectivity index (χ0n) is 13.3. The van der Waals surface area contributed by atoms with Crippen molar-refractivity contribution in [2.24, 2.45) is 0 Å². The second-order valence-corrected chi connectivity index (χ2v) is 6.42. The van der Waals surface area contributed by atoms with Gasteiger partial charge in [-0.1, -0.05) is 59.6 Å². The first-order valence-corrected chi connectivity index (χ1v) is 8.33. The Labute approximate surface area is 142 Å². The molecular weight excluding hydrogens is 310 g/mol. The van der Waals surface area contributed by atoms with Crippen molar-refractivity contribution in [2.75, 3.05) is 19.8 Å². The fraction of sp³-hybridized carbons (Fsp3) is 0.368. The maximum Gasteiger partial charge on any atom is 0.100 e. The van der Waals surface area contributed by atoms with E-state index < -0.39 is 0 Å². The van der Waals surface area contributed by atoms with Gasteiger partial charge in [-0.25, -0.2) is 0 Å². The van der Waals surface area contributed by atoms with Gasteiger partial charge in [0.05, 0.1) is 19.3 Å². The first kappa shape index (κ1) is 16.5. The number of nitrogens with zero attached hydrogens (tertiary/aromatic N) is 1. The first-order valence-electron chi connectivity index (χ1n) is 7.95. The molecule has 2 aromatic carbocycles. The van der Waals surface area contributed by atoms with Gasteiger partial charge >= 0.3 is 0 Å². The van der Waals surface area contributed by atoms with Crippen LogP contribution in [-0.2, 0) is 11.3 Å². The molecule has 2 atom stereocenters. The van der Waals surface area contributed by atoms with Gasteiger partial charge in [0.1, 0.15) is 6.10 Å². The molecule has 1 N–H and O–H groups in total. The van der Waals surface area contributed by atoms with Crippen molar-refractivity contribution in [3.05, 3.63) is 70.2 Å². The van der Waals surface area contributed by atoms with Crippen LogP contribution >= 0.6 is 11.6 Å². The summed E-state index contributed by atoms with van der Waals surface area (Å²) in [6.07, 6.45) is -0.255. The van der Waals surface area contributed by atoms with Gasteiger partial charge in [-0.05, 0) is 24.1 Å². The van der Waals surface area contributed by atoms with E-state index in [1.165, 1.54) is 11.1 Å². The smallest absolute Gasteiger partial charge is 0.100 e. The molecular formula is C19H22ClNO2. The Morgan fingerprint density at radius 2 is 1.91 bits per heavy atom. The Morgan fingerprint density at radius 1 is 1.17 bits per heavy atom. The Bertz CT molecular complexity index is 644. The Balaban J connectivity index is 1.89. The third kappa shape index (κ3) is 3.75. The van der Waals surface area contributed by atoms with Crippen LogP contribution in [0.2, 0.25) is 5.02 Å². The number of aliphatic hydroxyl groups is 1. The van der Waals surface area contributed by atoms with Crippen molar-refractivity contribution >= 4 is 11.6 Å². The van der Waals surface area contributed by atoms with E-state index in [2.05, 4.69) is 36.1 Å². The van der Waals surface area contributed by atoms with E-state index in [9.17, 15) is 5.11 Å². The summed E-state index contributed by atoms with van der Waals surface area (Å²) in [5.74, 6) is 0. The van der Waals surface area contributed by atoms with Gasteiger partial charge in [-0.15, -0.1) is 0 Å². The molecule has 122 valence electrons. The summed E-state index contributed by atoms with van der Waals surface area (Å²) in [7, 11) is 0. The number of benzene rings is 2. The highest BCUT2D eigenvalue weighted by Gasteiger charge is 2.34. The minimum atomic E-state index is -0.255. The Morgan fingerprint density at radius 3 is 2.61 bits per heavy atom. The monoisotopic (exact) mass is 331 g/mol. The molecule has 3 nitrogen and oxygen atoms in total. The van der Waals surface area contributed by atoms with Crippen LogP contribution in [0.5, 0.6) is 0 Å². The van der Waals surface area contributed by atoms with Gasteiger partial charge in [0, 0.05) is 18.1 Å². The SMILES string of the molecule is Cc1ccc(CN2CCO[C@@H](CO)[C@@H]2c2ccccc2Cl)cc1. The first-order chi connectivity index (χ1) is 11.2. The number of ether oxygens (including phenoxy) is 1. The van der Waals surface area contributed by atoms with Crippen molar-refractivity contribution in [1.82, 2.24) is 4.90 Å². The third-order valence-electron chi connectivity index (χ3n) is 4.37. The molecule has 0 unspecified atom stereocenters. The van der Waals surface area contributed by atoms with Gasteiger partial charge in [-0.3, -0.25) is 4.90 Å². The number of aryl methyl sites for hydroxylation is 1. The van der Waals surface area contributed by atoms with E-state index in [1.54, 1.807) is 0 Å². The van der Waals surface area contributed by atoms with Gasteiger partial charge in [-0.2, -0.15) is 0 Å². The summed E-state index contributed by atoms with van der Waals surface area (Å²) in [4.78, 5) is 2.34. The van der Waals surface area contributed by atoms with E-state index in [1.807, 2.05) is 24.3 Å². The molecule has 0 amide bonds. The number of morpholine rings is 1. The number of halogens is 1. The summed E-state index contributed by atoms with van der Waals surface area (Å²) in [6.45, 7) is 4.33. The lowest BCUT2D eigenvalue weighted by Crippen LogP contribution is -2.46. The molecule has 3 rings (SSSR count). The number of hydrogen-bond acceptors (Lipinski definition) is 3. The van der Waals surface area contributed by atoms with Crippen LogP contribution in [0.3, 0.4) is 0 Å². The van der Waals surface area contributed by atoms with Crippen LogP contribution in [0.4, 0.5) is 0 Å². The molecule has 1 aliphatic heterocycles. The summed E-state index contributed by atoms with van der Waals surface area (Å²) >= 11 is 6.41. The lowest BCUT2D eigenvalue weighted by atomic mass is 9.97. The van der Waals surface area contributed by atoms with E-state index >= 15 is 0 Å². The Hall–Kier alpha value is -1.39. The molecule has 1 heterocycles. The molecule has 0 saturated carbocycles. The van der Waals surface area contributed by atoms with E-state index in [0.717, 1.165) is 23.7 Å². The van der Waals surface area contributed by atoms with Crippen LogP contribution in [0.1, 0.15) is 22.7 Å². The second-order valence-electron chi connectivity index (χ2n) is 6.01. The van der Waals surface area contributed by atoms with Gasteiger partial charge < -0.3 is 9.84 Å². The fourth-order valence-corrected chi connectivity index (χ4v) is 3.40. The van der Waals surface area contributed by atoms with Crippen LogP contribution in [0, 0.1) is 6.92 Å². The standard InChI is InChI=1S/C19H22ClNO2/c1-14-6-8-15(9-7-14)12-21-10-11-23-18(13-22)19(21)16-4-2-3-5-17(16)20/h2-9,18-19,22H,10-13H2,1H3/t18-,19-/m0/s1. The zero-order chi connectivity index (χ0) is 16.2. The molecule has 0 bridgehead atoms. The molecule has 1 fully saturated rings. The normalized spacial score (nSPS) is 22.2. The lowest BCUT2D eigenvalue weighted by molar-refractivity contribution is -0.0960. The van der Waals surface area contributed by atoms with Crippen molar-refractivity contribution in [2.45, 2.75) is 25.6 Å².